The Bertz CT molecular complexity index is 540. The second-order valence-electron chi connectivity index (χ2n) is 5.89. The average molecular weight is 310 g/mol. The third kappa shape index (κ3) is 5.09. The van der Waals surface area contributed by atoms with Gasteiger partial charge in [0.25, 0.3) is 0 Å². The highest BCUT2D eigenvalue weighted by molar-refractivity contribution is 7.91. The molecule has 1 N–H and O–H groups in total. The van der Waals surface area contributed by atoms with Crippen molar-refractivity contribution in [3.8, 4) is 0 Å². The molecule has 0 aromatic heterocycles. The molecule has 1 saturated heterocycles. The molecule has 1 atom stereocenters. The highest BCUT2D eigenvalue weighted by Gasteiger charge is 2.30. The third-order valence-corrected chi connectivity index (χ3v) is 5.88. The standard InChI is InChI=1S/C16H26N2O2S/c1-3-17-10-8-14-4-6-15(7-5-14)12-18(2)16-9-11-21(19,20)13-16/h4-7,16-17H,3,8-13H2,1-2H3. The fraction of sp³-hybridized carbons (Fsp3) is 0.625. The van der Waals surface area contributed by atoms with Crippen molar-refractivity contribution in [1.82, 2.24) is 10.2 Å². The molecule has 21 heavy (non-hydrogen) atoms. The van der Waals surface area contributed by atoms with Gasteiger partial charge in [-0.25, -0.2) is 8.42 Å². The number of hydrogen-bond acceptors (Lipinski definition) is 4. The molecule has 1 aromatic rings. The summed E-state index contributed by atoms with van der Waals surface area (Å²) in [5, 5.41) is 3.32. The molecule has 118 valence electrons. The van der Waals surface area contributed by atoms with Crippen molar-refractivity contribution in [2.45, 2.75) is 32.4 Å². The third-order valence-electron chi connectivity index (χ3n) is 4.13. The van der Waals surface area contributed by atoms with E-state index in [0.29, 0.717) is 11.5 Å². The number of rotatable bonds is 7. The first-order valence-corrected chi connectivity index (χ1v) is 9.51. The van der Waals surface area contributed by atoms with E-state index in [0.717, 1.165) is 32.5 Å². The maximum Gasteiger partial charge on any atom is 0.151 e. The lowest BCUT2D eigenvalue weighted by atomic mass is 10.1. The fourth-order valence-corrected chi connectivity index (χ4v) is 4.57. The van der Waals surface area contributed by atoms with Crippen LogP contribution in [0.2, 0.25) is 0 Å². The van der Waals surface area contributed by atoms with Crippen LogP contribution in [0.25, 0.3) is 0 Å². The number of likely N-dealkylation sites (N-methyl/N-ethyl adjacent to an activating group) is 1. The number of sulfone groups is 1. The van der Waals surface area contributed by atoms with Crippen LogP contribution < -0.4 is 5.32 Å². The quantitative estimate of drug-likeness (QED) is 0.775. The van der Waals surface area contributed by atoms with Crippen molar-refractivity contribution in [2.24, 2.45) is 0 Å². The maximum atomic E-state index is 11.5. The summed E-state index contributed by atoms with van der Waals surface area (Å²) in [4.78, 5) is 2.16. The Labute approximate surface area is 128 Å². The molecule has 1 aromatic carbocycles. The van der Waals surface area contributed by atoms with Crippen molar-refractivity contribution in [3.05, 3.63) is 35.4 Å². The summed E-state index contributed by atoms with van der Waals surface area (Å²) in [6.45, 7) is 4.94. The monoisotopic (exact) mass is 310 g/mol. The van der Waals surface area contributed by atoms with Crippen LogP contribution in [0, 0.1) is 0 Å². The average Bonchev–Trinajstić information content (AvgIpc) is 2.81. The smallest absolute Gasteiger partial charge is 0.151 e. The molecular weight excluding hydrogens is 284 g/mol. The summed E-state index contributed by atoms with van der Waals surface area (Å²) in [5.74, 6) is 0.648. The van der Waals surface area contributed by atoms with Crippen molar-refractivity contribution < 1.29 is 8.42 Å². The SMILES string of the molecule is CCNCCc1ccc(CN(C)C2CCS(=O)(=O)C2)cc1. The second kappa shape index (κ2) is 7.38. The molecule has 0 amide bonds. The normalized spacial score (nSPS) is 21.0. The van der Waals surface area contributed by atoms with Gasteiger partial charge in [0.05, 0.1) is 11.5 Å². The molecule has 0 radical (unpaired) electrons. The van der Waals surface area contributed by atoms with E-state index in [2.05, 4.69) is 41.4 Å². The number of nitrogens with one attached hydrogen (secondary N) is 1. The summed E-state index contributed by atoms with van der Waals surface area (Å²) in [6, 6.07) is 8.82. The fourth-order valence-electron chi connectivity index (χ4n) is 2.76. The number of hydrogen-bond donors (Lipinski definition) is 1. The maximum absolute atomic E-state index is 11.5. The topological polar surface area (TPSA) is 49.4 Å². The molecule has 0 aliphatic carbocycles. The van der Waals surface area contributed by atoms with Gasteiger partial charge in [0.1, 0.15) is 0 Å². The Morgan fingerprint density at radius 1 is 1.24 bits per heavy atom. The minimum absolute atomic E-state index is 0.170. The van der Waals surface area contributed by atoms with E-state index in [9.17, 15) is 8.42 Å². The van der Waals surface area contributed by atoms with Crippen LogP contribution in [0.1, 0.15) is 24.5 Å². The number of nitrogens with zero attached hydrogens (tertiary/aromatic N) is 1. The zero-order chi connectivity index (χ0) is 15.3. The summed E-state index contributed by atoms with van der Waals surface area (Å²) >= 11 is 0. The van der Waals surface area contributed by atoms with E-state index < -0.39 is 9.84 Å². The highest BCUT2D eigenvalue weighted by atomic mass is 32.2. The molecule has 4 nitrogen and oxygen atoms in total. The van der Waals surface area contributed by atoms with Crippen LogP contribution in [0.3, 0.4) is 0 Å². The molecule has 0 spiro atoms. The van der Waals surface area contributed by atoms with Crippen molar-refractivity contribution in [2.75, 3.05) is 31.6 Å². The van der Waals surface area contributed by atoms with E-state index in [1.165, 1.54) is 11.1 Å². The lowest BCUT2D eigenvalue weighted by Gasteiger charge is -2.23. The zero-order valence-corrected chi connectivity index (χ0v) is 13.8. The Morgan fingerprint density at radius 2 is 1.90 bits per heavy atom. The largest absolute Gasteiger partial charge is 0.317 e. The van der Waals surface area contributed by atoms with Crippen LogP contribution in [0.15, 0.2) is 24.3 Å². The van der Waals surface area contributed by atoms with Gasteiger partial charge in [0.15, 0.2) is 9.84 Å². The van der Waals surface area contributed by atoms with Gasteiger partial charge in [-0.15, -0.1) is 0 Å². The van der Waals surface area contributed by atoms with Gasteiger partial charge in [-0.2, -0.15) is 0 Å². The zero-order valence-electron chi connectivity index (χ0n) is 13.0. The van der Waals surface area contributed by atoms with Gasteiger partial charge in [0.2, 0.25) is 0 Å². The van der Waals surface area contributed by atoms with Crippen molar-refractivity contribution >= 4 is 9.84 Å². The molecule has 1 fully saturated rings. The molecule has 1 unspecified atom stereocenters. The predicted molar refractivity (Wildman–Crippen MR) is 87.2 cm³/mol. The number of benzene rings is 1. The molecule has 5 heteroatoms. The molecule has 1 aliphatic heterocycles. The minimum Gasteiger partial charge on any atom is -0.317 e. The van der Waals surface area contributed by atoms with Gasteiger partial charge >= 0.3 is 0 Å². The highest BCUT2D eigenvalue weighted by Crippen LogP contribution is 2.18. The first-order chi connectivity index (χ1) is 10.00. The summed E-state index contributed by atoms with van der Waals surface area (Å²) < 4.78 is 23.1. The minimum atomic E-state index is -2.80. The summed E-state index contributed by atoms with van der Waals surface area (Å²) in [7, 11) is -0.783. The van der Waals surface area contributed by atoms with Crippen LogP contribution in [-0.4, -0.2) is 51.0 Å². The van der Waals surface area contributed by atoms with E-state index in [4.69, 9.17) is 0 Å². The van der Waals surface area contributed by atoms with Gasteiger partial charge in [-0.3, -0.25) is 4.90 Å². The van der Waals surface area contributed by atoms with E-state index in [1.54, 1.807) is 0 Å². The lowest BCUT2D eigenvalue weighted by molar-refractivity contribution is 0.254. The molecule has 0 saturated carbocycles. The van der Waals surface area contributed by atoms with Crippen LogP contribution in [-0.2, 0) is 22.8 Å². The van der Waals surface area contributed by atoms with Gasteiger partial charge in [-0.1, -0.05) is 31.2 Å². The molecule has 0 bridgehead atoms. The Hall–Kier alpha value is -0.910. The lowest BCUT2D eigenvalue weighted by Crippen LogP contribution is -2.32. The van der Waals surface area contributed by atoms with Crippen LogP contribution in [0.5, 0.6) is 0 Å². The molecule has 1 heterocycles. The first kappa shape index (κ1) is 16.5. The van der Waals surface area contributed by atoms with Crippen molar-refractivity contribution in [3.63, 3.8) is 0 Å². The Balaban J connectivity index is 1.85. The molecular formula is C16H26N2O2S. The van der Waals surface area contributed by atoms with Gasteiger partial charge in [-0.05, 0) is 44.1 Å². The Kier molecular flexibility index (Phi) is 5.79. The molecule has 1 aliphatic rings. The summed E-state index contributed by atoms with van der Waals surface area (Å²) in [5.41, 5.74) is 2.58. The summed E-state index contributed by atoms with van der Waals surface area (Å²) in [6.07, 6.45) is 1.81. The van der Waals surface area contributed by atoms with Gasteiger partial charge in [0, 0.05) is 12.6 Å². The van der Waals surface area contributed by atoms with Crippen LogP contribution in [0.4, 0.5) is 0 Å². The first-order valence-electron chi connectivity index (χ1n) is 7.69. The Morgan fingerprint density at radius 3 is 2.48 bits per heavy atom. The molecule has 2 rings (SSSR count). The van der Waals surface area contributed by atoms with Gasteiger partial charge < -0.3 is 5.32 Å². The van der Waals surface area contributed by atoms with E-state index in [1.807, 2.05) is 7.05 Å². The van der Waals surface area contributed by atoms with Crippen LogP contribution >= 0.6 is 0 Å². The second-order valence-corrected chi connectivity index (χ2v) is 8.12. The van der Waals surface area contributed by atoms with E-state index >= 15 is 0 Å². The van der Waals surface area contributed by atoms with Crippen molar-refractivity contribution in [1.29, 1.82) is 0 Å². The van der Waals surface area contributed by atoms with E-state index in [-0.39, 0.29) is 6.04 Å². The predicted octanol–water partition coefficient (Wildman–Crippen LogP) is 1.46.